The van der Waals surface area contributed by atoms with Crippen molar-refractivity contribution in [1.29, 1.82) is 5.26 Å². The van der Waals surface area contributed by atoms with E-state index in [2.05, 4.69) is 11.4 Å². The van der Waals surface area contributed by atoms with E-state index in [0.717, 1.165) is 24.9 Å². The molecule has 1 saturated carbocycles. The summed E-state index contributed by atoms with van der Waals surface area (Å²) in [6, 6.07) is 8.22. The molecule has 0 saturated heterocycles. The molecule has 2 N–H and O–H groups in total. The first-order valence-electron chi connectivity index (χ1n) is 7.69. The Balaban J connectivity index is 2.00. The van der Waals surface area contributed by atoms with Gasteiger partial charge in [-0.25, -0.2) is 0 Å². The lowest BCUT2D eigenvalue weighted by atomic mass is 9.95. The molecule has 4 heteroatoms. The third kappa shape index (κ3) is 4.20. The average Bonchev–Trinajstić information content (AvgIpc) is 2.77. The molecule has 0 bridgehead atoms. The van der Waals surface area contributed by atoms with E-state index in [1.54, 1.807) is 7.11 Å². The third-order valence-corrected chi connectivity index (χ3v) is 4.35. The second-order valence-corrected chi connectivity index (χ2v) is 5.71. The van der Waals surface area contributed by atoms with Crippen LogP contribution in [-0.2, 0) is 6.54 Å². The van der Waals surface area contributed by atoms with Gasteiger partial charge in [-0.15, -0.1) is 0 Å². The number of nitriles is 1. The highest BCUT2D eigenvalue weighted by Crippen LogP contribution is 2.24. The van der Waals surface area contributed by atoms with Crippen molar-refractivity contribution in [1.82, 2.24) is 5.32 Å². The number of methoxy groups -OCH3 is 1. The van der Waals surface area contributed by atoms with Crippen molar-refractivity contribution in [3.63, 3.8) is 0 Å². The number of aliphatic hydroxyl groups excluding tert-OH is 1. The summed E-state index contributed by atoms with van der Waals surface area (Å²) in [4.78, 5) is 0. The summed E-state index contributed by atoms with van der Waals surface area (Å²) in [6.07, 6.45) is 5.91. The van der Waals surface area contributed by atoms with E-state index in [-0.39, 0.29) is 6.61 Å². The van der Waals surface area contributed by atoms with E-state index in [0.29, 0.717) is 23.3 Å². The third-order valence-electron chi connectivity index (χ3n) is 4.35. The summed E-state index contributed by atoms with van der Waals surface area (Å²) in [5, 5.41) is 22.2. The molecule has 0 aliphatic heterocycles. The van der Waals surface area contributed by atoms with Crippen LogP contribution >= 0.6 is 0 Å². The molecule has 1 aliphatic rings. The van der Waals surface area contributed by atoms with Gasteiger partial charge in [0.15, 0.2) is 0 Å². The Bertz CT molecular complexity index is 496. The van der Waals surface area contributed by atoms with Gasteiger partial charge in [0, 0.05) is 19.2 Å². The average molecular weight is 288 g/mol. The minimum atomic E-state index is 0.254. The van der Waals surface area contributed by atoms with Gasteiger partial charge in [-0.2, -0.15) is 5.26 Å². The number of rotatable bonds is 5. The summed E-state index contributed by atoms with van der Waals surface area (Å²) in [5.74, 6) is 0.963. The van der Waals surface area contributed by atoms with Gasteiger partial charge < -0.3 is 15.2 Å². The van der Waals surface area contributed by atoms with Gasteiger partial charge >= 0.3 is 0 Å². The molecule has 1 fully saturated rings. The lowest BCUT2D eigenvalue weighted by Crippen LogP contribution is -2.36. The Morgan fingerprint density at radius 2 is 2.14 bits per heavy atom. The van der Waals surface area contributed by atoms with Gasteiger partial charge in [0.25, 0.3) is 0 Å². The second-order valence-electron chi connectivity index (χ2n) is 5.71. The smallest absolute Gasteiger partial charge is 0.136 e. The van der Waals surface area contributed by atoms with Crippen LogP contribution in [0.25, 0.3) is 0 Å². The first-order valence-corrected chi connectivity index (χ1v) is 7.69. The van der Waals surface area contributed by atoms with Crippen molar-refractivity contribution in [3.8, 4) is 11.8 Å². The lowest BCUT2D eigenvalue weighted by Gasteiger charge is -2.24. The largest absolute Gasteiger partial charge is 0.495 e. The Morgan fingerprint density at radius 1 is 1.33 bits per heavy atom. The van der Waals surface area contributed by atoms with Crippen molar-refractivity contribution < 1.29 is 9.84 Å². The number of ether oxygens (including phenoxy) is 1. The highest BCUT2D eigenvalue weighted by Gasteiger charge is 2.22. The zero-order chi connectivity index (χ0) is 15.1. The number of nitrogens with one attached hydrogen (secondary N) is 1. The minimum Gasteiger partial charge on any atom is -0.495 e. The molecule has 4 nitrogen and oxygen atoms in total. The zero-order valence-electron chi connectivity index (χ0n) is 12.6. The van der Waals surface area contributed by atoms with Crippen LogP contribution in [0.5, 0.6) is 5.75 Å². The summed E-state index contributed by atoms with van der Waals surface area (Å²) >= 11 is 0. The van der Waals surface area contributed by atoms with Crippen molar-refractivity contribution in [2.75, 3.05) is 13.7 Å². The van der Waals surface area contributed by atoms with Crippen LogP contribution in [0.2, 0.25) is 0 Å². The summed E-state index contributed by atoms with van der Waals surface area (Å²) in [6.45, 7) is 0.976. The Labute approximate surface area is 126 Å². The quantitative estimate of drug-likeness (QED) is 0.817. The number of hydrogen-bond donors (Lipinski definition) is 2. The Hall–Kier alpha value is -1.57. The summed E-state index contributed by atoms with van der Waals surface area (Å²) < 4.78 is 5.16. The standard InChI is InChI=1S/C17H24N2O2/c1-21-17-8-7-13(9-15(17)10-18)11-19-16-6-4-2-3-5-14(16)12-20/h7-9,14,16,19-20H,2-6,11-12H2,1H3. The number of aliphatic hydroxyl groups is 1. The molecule has 0 heterocycles. The fourth-order valence-electron chi connectivity index (χ4n) is 3.07. The van der Waals surface area contributed by atoms with Crippen molar-refractivity contribution in [3.05, 3.63) is 29.3 Å². The van der Waals surface area contributed by atoms with Gasteiger partial charge in [0.1, 0.15) is 11.8 Å². The molecule has 0 spiro atoms. The molecular weight excluding hydrogens is 264 g/mol. The predicted molar refractivity (Wildman–Crippen MR) is 82.0 cm³/mol. The maximum Gasteiger partial charge on any atom is 0.136 e. The van der Waals surface area contributed by atoms with Gasteiger partial charge in [0.05, 0.1) is 12.7 Å². The van der Waals surface area contributed by atoms with E-state index in [9.17, 15) is 5.11 Å². The molecule has 0 amide bonds. The van der Waals surface area contributed by atoms with E-state index < -0.39 is 0 Å². The van der Waals surface area contributed by atoms with E-state index >= 15 is 0 Å². The normalized spacial score (nSPS) is 22.3. The van der Waals surface area contributed by atoms with E-state index in [1.165, 1.54) is 19.3 Å². The van der Waals surface area contributed by atoms with Gasteiger partial charge in [-0.3, -0.25) is 0 Å². The van der Waals surface area contributed by atoms with Crippen LogP contribution in [0.4, 0.5) is 0 Å². The zero-order valence-corrected chi connectivity index (χ0v) is 12.6. The lowest BCUT2D eigenvalue weighted by molar-refractivity contribution is 0.181. The second kappa shape index (κ2) is 8.02. The summed E-state index contributed by atoms with van der Waals surface area (Å²) in [5.41, 5.74) is 1.64. The van der Waals surface area contributed by atoms with Gasteiger partial charge in [0.2, 0.25) is 0 Å². The predicted octanol–water partition coefficient (Wildman–Crippen LogP) is 2.60. The highest BCUT2D eigenvalue weighted by molar-refractivity contribution is 5.45. The molecule has 114 valence electrons. The topological polar surface area (TPSA) is 65.3 Å². The molecule has 1 aliphatic carbocycles. The van der Waals surface area contributed by atoms with Crippen LogP contribution in [0, 0.1) is 17.2 Å². The maximum absolute atomic E-state index is 9.53. The van der Waals surface area contributed by atoms with Crippen molar-refractivity contribution in [2.45, 2.75) is 44.7 Å². The number of benzene rings is 1. The number of nitrogens with zero attached hydrogens (tertiary/aromatic N) is 1. The maximum atomic E-state index is 9.53. The van der Waals surface area contributed by atoms with Gasteiger partial charge in [-0.1, -0.05) is 25.3 Å². The molecule has 2 atom stereocenters. The molecule has 1 aromatic rings. The fraction of sp³-hybridized carbons (Fsp3) is 0.588. The van der Waals surface area contributed by atoms with Gasteiger partial charge in [-0.05, 0) is 36.5 Å². The van der Waals surface area contributed by atoms with Crippen molar-refractivity contribution >= 4 is 0 Å². The van der Waals surface area contributed by atoms with Crippen LogP contribution < -0.4 is 10.1 Å². The molecule has 0 radical (unpaired) electrons. The molecule has 0 aromatic heterocycles. The van der Waals surface area contributed by atoms with Crippen LogP contribution in [0.15, 0.2) is 18.2 Å². The monoisotopic (exact) mass is 288 g/mol. The first kappa shape index (κ1) is 15.8. The first-order chi connectivity index (χ1) is 10.3. The molecule has 21 heavy (non-hydrogen) atoms. The minimum absolute atomic E-state index is 0.254. The summed E-state index contributed by atoms with van der Waals surface area (Å²) in [7, 11) is 1.57. The molecule has 2 rings (SSSR count). The van der Waals surface area contributed by atoms with Crippen LogP contribution in [0.1, 0.15) is 43.2 Å². The van der Waals surface area contributed by atoms with Crippen molar-refractivity contribution in [2.24, 2.45) is 5.92 Å². The number of hydrogen-bond acceptors (Lipinski definition) is 4. The fourth-order valence-corrected chi connectivity index (χ4v) is 3.07. The highest BCUT2D eigenvalue weighted by atomic mass is 16.5. The van der Waals surface area contributed by atoms with Crippen LogP contribution in [0.3, 0.4) is 0 Å². The van der Waals surface area contributed by atoms with Crippen LogP contribution in [-0.4, -0.2) is 24.9 Å². The molecule has 2 unspecified atom stereocenters. The Kier molecular flexibility index (Phi) is 6.04. The molecule has 1 aromatic carbocycles. The van der Waals surface area contributed by atoms with E-state index in [1.807, 2.05) is 18.2 Å². The van der Waals surface area contributed by atoms with E-state index in [4.69, 9.17) is 10.00 Å². The molecular formula is C17H24N2O2. The SMILES string of the molecule is COc1ccc(CNC2CCCCCC2CO)cc1C#N. The Morgan fingerprint density at radius 3 is 2.86 bits per heavy atom.